The van der Waals surface area contributed by atoms with Crippen LogP contribution in [0.5, 0.6) is 0 Å². The molecule has 128 valence electrons. The maximum atomic E-state index is 10.8. The Morgan fingerprint density at radius 3 is 1.14 bits per heavy atom. The number of ether oxygens (including phenoxy) is 2. The van der Waals surface area contributed by atoms with E-state index in [1.807, 2.05) is 0 Å². The van der Waals surface area contributed by atoms with Gasteiger partial charge in [0.05, 0.1) is 12.2 Å². The summed E-state index contributed by atoms with van der Waals surface area (Å²) in [5.41, 5.74) is 0. The lowest BCUT2D eigenvalue weighted by Crippen LogP contribution is -2.14. The highest BCUT2D eigenvalue weighted by Gasteiger charge is 2.10. The van der Waals surface area contributed by atoms with Gasteiger partial charge in [-0.15, -0.1) is 0 Å². The second-order valence-electron chi connectivity index (χ2n) is 5.22. The van der Waals surface area contributed by atoms with Crippen molar-refractivity contribution in [3.8, 4) is 0 Å². The standard InChI is InChI=1S/2C8H14O3/c2*1-4-7(9)5-8(10)11-6(2)3/h2*6H,4-5H2,1-3H3. The first kappa shape index (κ1) is 22.6. The maximum Gasteiger partial charge on any atom is 0.313 e. The summed E-state index contributed by atoms with van der Waals surface area (Å²) in [6, 6.07) is 0. The van der Waals surface area contributed by atoms with Crippen LogP contribution in [-0.2, 0) is 28.7 Å². The fourth-order valence-corrected chi connectivity index (χ4v) is 1.18. The summed E-state index contributed by atoms with van der Waals surface area (Å²) in [5, 5.41) is 0. The Hall–Kier alpha value is -1.72. The monoisotopic (exact) mass is 316 g/mol. The molecule has 6 nitrogen and oxygen atoms in total. The SMILES string of the molecule is CCC(=O)CC(=O)OC(C)C.CCC(=O)CC(=O)OC(C)C. The molecule has 0 aliphatic heterocycles. The Morgan fingerprint density at radius 2 is 0.955 bits per heavy atom. The second-order valence-corrected chi connectivity index (χ2v) is 5.22. The van der Waals surface area contributed by atoms with Crippen molar-refractivity contribution < 1.29 is 28.7 Å². The number of carbonyl (C=O) groups excluding carboxylic acids is 4. The number of carbonyl (C=O) groups is 4. The van der Waals surface area contributed by atoms with Crippen LogP contribution in [0.2, 0.25) is 0 Å². The molecule has 0 aromatic carbocycles. The van der Waals surface area contributed by atoms with E-state index in [-0.39, 0.29) is 36.6 Å². The maximum absolute atomic E-state index is 10.8. The van der Waals surface area contributed by atoms with E-state index in [0.717, 1.165) is 0 Å². The minimum atomic E-state index is -0.424. The fraction of sp³-hybridized carbons (Fsp3) is 0.750. The van der Waals surface area contributed by atoms with Crippen molar-refractivity contribution in [1.29, 1.82) is 0 Å². The predicted octanol–water partition coefficient (Wildman–Crippen LogP) is 2.61. The van der Waals surface area contributed by atoms with Crippen LogP contribution < -0.4 is 0 Å². The first-order valence-electron chi connectivity index (χ1n) is 7.54. The molecular formula is C16H28O6. The van der Waals surface area contributed by atoms with Gasteiger partial charge in [-0.2, -0.15) is 0 Å². The topological polar surface area (TPSA) is 86.7 Å². The molecule has 22 heavy (non-hydrogen) atoms. The second kappa shape index (κ2) is 13.0. The van der Waals surface area contributed by atoms with Gasteiger partial charge < -0.3 is 9.47 Å². The molecule has 0 saturated heterocycles. The van der Waals surface area contributed by atoms with Crippen LogP contribution in [0.3, 0.4) is 0 Å². The van der Waals surface area contributed by atoms with Gasteiger partial charge in [0.1, 0.15) is 24.4 Å². The molecule has 0 N–H and O–H groups in total. The van der Waals surface area contributed by atoms with E-state index in [0.29, 0.717) is 12.8 Å². The summed E-state index contributed by atoms with van der Waals surface area (Å²) in [6.07, 6.45) is 0.350. The van der Waals surface area contributed by atoms with Gasteiger partial charge in [0.2, 0.25) is 0 Å². The Balaban J connectivity index is 0. The minimum Gasteiger partial charge on any atom is -0.463 e. The quantitative estimate of drug-likeness (QED) is 0.505. The zero-order valence-electron chi connectivity index (χ0n) is 14.4. The van der Waals surface area contributed by atoms with Crippen molar-refractivity contribution in [3.05, 3.63) is 0 Å². The third kappa shape index (κ3) is 16.3. The third-order valence-electron chi connectivity index (χ3n) is 2.21. The summed E-state index contributed by atoms with van der Waals surface area (Å²) in [6.45, 7) is 10.5. The first-order chi connectivity index (χ1) is 10.1. The highest BCUT2D eigenvalue weighted by atomic mass is 16.5. The van der Waals surface area contributed by atoms with E-state index >= 15 is 0 Å². The van der Waals surface area contributed by atoms with Gasteiger partial charge in [-0.25, -0.2) is 0 Å². The molecule has 0 bridgehead atoms. The minimum absolute atomic E-state index is 0.0735. The summed E-state index contributed by atoms with van der Waals surface area (Å²) in [5.74, 6) is -0.995. The zero-order chi connectivity index (χ0) is 17.7. The summed E-state index contributed by atoms with van der Waals surface area (Å²) >= 11 is 0. The average molecular weight is 316 g/mol. The van der Waals surface area contributed by atoms with Crippen LogP contribution in [-0.4, -0.2) is 35.7 Å². The van der Waals surface area contributed by atoms with Crippen molar-refractivity contribution in [2.24, 2.45) is 0 Å². The number of ketones is 2. The molecular weight excluding hydrogens is 288 g/mol. The lowest BCUT2D eigenvalue weighted by Gasteiger charge is -2.05. The molecule has 6 heteroatoms. The largest absolute Gasteiger partial charge is 0.463 e. The Labute approximate surface area is 132 Å². The number of hydrogen-bond acceptors (Lipinski definition) is 6. The molecule has 0 amide bonds. The highest BCUT2D eigenvalue weighted by Crippen LogP contribution is 1.96. The Kier molecular flexibility index (Phi) is 13.3. The molecule has 0 aromatic rings. The van der Waals surface area contributed by atoms with Crippen LogP contribution in [0.4, 0.5) is 0 Å². The average Bonchev–Trinajstić information content (AvgIpc) is 2.36. The molecule has 0 saturated carbocycles. The van der Waals surface area contributed by atoms with E-state index in [2.05, 4.69) is 0 Å². The van der Waals surface area contributed by atoms with Crippen molar-refractivity contribution in [2.75, 3.05) is 0 Å². The van der Waals surface area contributed by atoms with Crippen LogP contribution in [0, 0.1) is 0 Å². The van der Waals surface area contributed by atoms with Crippen LogP contribution in [0.25, 0.3) is 0 Å². The number of hydrogen-bond donors (Lipinski definition) is 0. The number of esters is 2. The van der Waals surface area contributed by atoms with Gasteiger partial charge in [-0.05, 0) is 27.7 Å². The molecule has 0 aliphatic rings. The summed E-state index contributed by atoms with van der Waals surface area (Å²) in [7, 11) is 0. The van der Waals surface area contributed by atoms with Gasteiger partial charge in [0.15, 0.2) is 0 Å². The van der Waals surface area contributed by atoms with Gasteiger partial charge in [-0.1, -0.05) is 13.8 Å². The summed E-state index contributed by atoms with van der Waals surface area (Å²) in [4.78, 5) is 43.0. The van der Waals surface area contributed by atoms with Crippen LogP contribution >= 0.6 is 0 Å². The van der Waals surface area contributed by atoms with Crippen LogP contribution in [0.15, 0.2) is 0 Å². The molecule has 0 rings (SSSR count). The highest BCUT2D eigenvalue weighted by molar-refractivity contribution is 5.95. The summed E-state index contributed by atoms with van der Waals surface area (Å²) < 4.78 is 9.53. The lowest BCUT2D eigenvalue weighted by molar-refractivity contribution is -0.150. The van der Waals surface area contributed by atoms with Gasteiger partial charge in [-0.3, -0.25) is 19.2 Å². The van der Waals surface area contributed by atoms with E-state index < -0.39 is 11.9 Å². The van der Waals surface area contributed by atoms with Crippen LogP contribution in [0.1, 0.15) is 67.2 Å². The number of Topliss-reactive ketones (excluding diaryl/α,β-unsaturated/α-hetero) is 2. The lowest BCUT2D eigenvalue weighted by atomic mass is 10.2. The third-order valence-corrected chi connectivity index (χ3v) is 2.21. The Bertz CT molecular complexity index is 335. The van der Waals surface area contributed by atoms with E-state index in [4.69, 9.17) is 9.47 Å². The van der Waals surface area contributed by atoms with E-state index in [1.165, 1.54) is 0 Å². The first-order valence-corrected chi connectivity index (χ1v) is 7.54. The van der Waals surface area contributed by atoms with Crippen molar-refractivity contribution in [1.82, 2.24) is 0 Å². The van der Waals surface area contributed by atoms with Gasteiger partial charge in [0.25, 0.3) is 0 Å². The van der Waals surface area contributed by atoms with E-state index in [9.17, 15) is 19.2 Å². The van der Waals surface area contributed by atoms with Gasteiger partial charge >= 0.3 is 11.9 Å². The van der Waals surface area contributed by atoms with Crippen molar-refractivity contribution >= 4 is 23.5 Å². The number of rotatable bonds is 8. The molecule has 0 aliphatic carbocycles. The molecule has 0 radical (unpaired) electrons. The molecule has 0 spiro atoms. The zero-order valence-corrected chi connectivity index (χ0v) is 14.4. The fourth-order valence-electron chi connectivity index (χ4n) is 1.18. The normalized spacial score (nSPS) is 9.82. The van der Waals surface area contributed by atoms with E-state index in [1.54, 1.807) is 41.5 Å². The molecule has 0 aromatic heterocycles. The molecule has 0 atom stereocenters. The molecule has 0 unspecified atom stereocenters. The Morgan fingerprint density at radius 1 is 0.682 bits per heavy atom. The smallest absolute Gasteiger partial charge is 0.313 e. The van der Waals surface area contributed by atoms with Crippen molar-refractivity contribution in [2.45, 2.75) is 79.4 Å². The van der Waals surface area contributed by atoms with Gasteiger partial charge in [0, 0.05) is 12.8 Å². The molecule has 0 heterocycles. The van der Waals surface area contributed by atoms with Crippen molar-refractivity contribution in [3.63, 3.8) is 0 Å². The predicted molar refractivity (Wildman–Crippen MR) is 82.3 cm³/mol. The molecule has 0 fully saturated rings.